The number of aryl methyl sites for hydroxylation is 2. The lowest BCUT2D eigenvalue weighted by atomic mass is 10.0. The molecule has 1 atom stereocenters. The summed E-state index contributed by atoms with van der Waals surface area (Å²) in [6.07, 6.45) is 1.61. The van der Waals surface area contributed by atoms with Gasteiger partial charge in [0.05, 0.1) is 6.26 Å². The summed E-state index contributed by atoms with van der Waals surface area (Å²) in [5, 5.41) is 9.04. The van der Waals surface area contributed by atoms with Crippen LogP contribution in [0.15, 0.2) is 107 Å². The molecule has 3 aromatic carbocycles. The van der Waals surface area contributed by atoms with E-state index in [0.717, 1.165) is 22.4 Å². The highest BCUT2D eigenvalue weighted by atomic mass is 32.2. The molecule has 168 valence electrons. The Morgan fingerprint density at radius 1 is 0.824 bits per heavy atom. The number of thioether (sulfide) groups is 1. The number of furan rings is 1. The Bertz CT molecular complexity index is 1390. The maximum atomic E-state index is 13.7. The van der Waals surface area contributed by atoms with E-state index in [9.17, 15) is 4.79 Å². The molecule has 0 aliphatic carbocycles. The smallest absolute Gasteiger partial charge is 0.205 e. The standard InChI is InChI=1S/C28H23N3O2S/c1-19-10-14-21(15-11-19)25(32)26(22-16-12-20(2)13-17-22)34-28-30-29-27(24-9-6-18-33-24)31(28)23-7-4-3-5-8-23/h3-18,26H,1-2H3/t26-/m1/s1. The molecule has 0 bridgehead atoms. The summed E-state index contributed by atoms with van der Waals surface area (Å²) < 4.78 is 7.56. The van der Waals surface area contributed by atoms with Gasteiger partial charge in [0.2, 0.25) is 5.82 Å². The summed E-state index contributed by atoms with van der Waals surface area (Å²) in [6, 6.07) is 29.3. The van der Waals surface area contributed by atoms with Crippen LogP contribution in [0.5, 0.6) is 0 Å². The molecule has 6 heteroatoms. The van der Waals surface area contributed by atoms with E-state index in [4.69, 9.17) is 4.42 Å². The molecule has 0 fully saturated rings. The molecular weight excluding hydrogens is 442 g/mol. The molecule has 0 aliphatic rings. The fourth-order valence-electron chi connectivity index (χ4n) is 3.71. The van der Waals surface area contributed by atoms with Gasteiger partial charge in [-0.05, 0) is 43.7 Å². The van der Waals surface area contributed by atoms with E-state index >= 15 is 0 Å². The fourth-order valence-corrected chi connectivity index (χ4v) is 4.84. The third kappa shape index (κ3) is 4.45. The molecule has 5 rings (SSSR count). The van der Waals surface area contributed by atoms with E-state index in [0.29, 0.717) is 22.3 Å². The fraction of sp³-hybridized carbons (Fsp3) is 0.107. The Balaban J connectivity index is 1.60. The highest BCUT2D eigenvalue weighted by Crippen LogP contribution is 2.39. The molecule has 0 amide bonds. The van der Waals surface area contributed by atoms with Crippen molar-refractivity contribution in [3.05, 3.63) is 120 Å². The first-order valence-electron chi connectivity index (χ1n) is 11.0. The number of ketones is 1. The van der Waals surface area contributed by atoms with E-state index in [1.54, 1.807) is 6.26 Å². The second-order valence-corrected chi connectivity index (χ2v) is 9.17. The lowest BCUT2D eigenvalue weighted by molar-refractivity contribution is 0.0989. The Morgan fingerprint density at radius 2 is 1.50 bits per heavy atom. The highest BCUT2D eigenvalue weighted by molar-refractivity contribution is 8.00. The summed E-state index contributed by atoms with van der Waals surface area (Å²) in [5.74, 6) is 1.22. The van der Waals surface area contributed by atoms with Crippen LogP contribution in [0, 0.1) is 13.8 Å². The van der Waals surface area contributed by atoms with Gasteiger partial charge in [-0.3, -0.25) is 9.36 Å². The van der Waals surface area contributed by atoms with Crippen LogP contribution in [0.1, 0.15) is 32.3 Å². The lowest BCUT2D eigenvalue weighted by Gasteiger charge is -2.17. The Kier molecular flexibility index (Phi) is 6.14. The zero-order valence-electron chi connectivity index (χ0n) is 18.9. The number of carbonyl (C=O) groups is 1. The van der Waals surface area contributed by atoms with Crippen LogP contribution in [-0.4, -0.2) is 20.5 Å². The predicted molar refractivity (Wildman–Crippen MR) is 134 cm³/mol. The Labute approximate surface area is 202 Å². The van der Waals surface area contributed by atoms with Crippen LogP contribution < -0.4 is 0 Å². The van der Waals surface area contributed by atoms with Gasteiger partial charge in [0.15, 0.2) is 16.7 Å². The maximum absolute atomic E-state index is 13.7. The number of aromatic nitrogens is 3. The van der Waals surface area contributed by atoms with Crippen molar-refractivity contribution >= 4 is 17.5 Å². The predicted octanol–water partition coefficient (Wildman–Crippen LogP) is 6.86. The van der Waals surface area contributed by atoms with E-state index in [2.05, 4.69) is 10.2 Å². The molecule has 0 spiro atoms. The van der Waals surface area contributed by atoms with E-state index < -0.39 is 5.25 Å². The molecular formula is C28H23N3O2S. The molecule has 34 heavy (non-hydrogen) atoms. The second-order valence-electron chi connectivity index (χ2n) is 8.09. The summed E-state index contributed by atoms with van der Waals surface area (Å²) >= 11 is 1.39. The van der Waals surface area contributed by atoms with Gasteiger partial charge in [0, 0.05) is 11.3 Å². The number of para-hydroxylation sites is 1. The SMILES string of the molecule is Cc1ccc(C(=O)[C@H](Sc2nnc(-c3ccco3)n2-c2ccccc2)c2ccc(C)cc2)cc1. The summed E-state index contributed by atoms with van der Waals surface area (Å²) in [6.45, 7) is 4.05. The first kappa shape index (κ1) is 21.9. The molecule has 2 aromatic heterocycles. The third-order valence-electron chi connectivity index (χ3n) is 5.57. The van der Waals surface area contributed by atoms with Crippen LogP contribution in [0.25, 0.3) is 17.3 Å². The summed E-state index contributed by atoms with van der Waals surface area (Å²) in [7, 11) is 0. The first-order chi connectivity index (χ1) is 16.6. The van der Waals surface area contributed by atoms with Crippen LogP contribution in [0.3, 0.4) is 0 Å². The van der Waals surface area contributed by atoms with E-state index in [1.165, 1.54) is 11.8 Å². The number of Topliss-reactive ketones (excluding diaryl/α,β-unsaturated/α-hetero) is 1. The zero-order chi connectivity index (χ0) is 23.5. The van der Waals surface area contributed by atoms with Crippen molar-refractivity contribution < 1.29 is 9.21 Å². The van der Waals surface area contributed by atoms with Crippen molar-refractivity contribution in [2.75, 3.05) is 0 Å². The van der Waals surface area contributed by atoms with Gasteiger partial charge in [0.1, 0.15) is 5.25 Å². The van der Waals surface area contributed by atoms with Crippen molar-refractivity contribution in [1.82, 2.24) is 14.8 Å². The van der Waals surface area contributed by atoms with Gasteiger partial charge in [-0.25, -0.2) is 0 Å². The number of nitrogens with zero attached hydrogens (tertiary/aromatic N) is 3. The molecule has 5 nitrogen and oxygen atoms in total. The van der Waals surface area contributed by atoms with E-state index in [1.807, 2.05) is 109 Å². The van der Waals surface area contributed by atoms with Gasteiger partial charge in [0.25, 0.3) is 0 Å². The number of hydrogen-bond donors (Lipinski definition) is 0. The average molecular weight is 466 g/mol. The molecule has 0 unspecified atom stereocenters. The zero-order valence-corrected chi connectivity index (χ0v) is 19.7. The minimum absolute atomic E-state index is 0.0241. The molecule has 2 heterocycles. The minimum Gasteiger partial charge on any atom is -0.461 e. The summed E-state index contributed by atoms with van der Waals surface area (Å²) in [5.41, 5.74) is 4.74. The normalized spacial score (nSPS) is 11.9. The Hall–Kier alpha value is -3.90. The maximum Gasteiger partial charge on any atom is 0.205 e. The molecule has 5 aromatic rings. The third-order valence-corrected chi connectivity index (χ3v) is 6.76. The van der Waals surface area contributed by atoms with Gasteiger partial charge in [-0.15, -0.1) is 10.2 Å². The minimum atomic E-state index is -0.487. The topological polar surface area (TPSA) is 60.9 Å². The van der Waals surface area contributed by atoms with Crippen LogP contribution >= 0.6 is 11.8 Å². The molecule has 0 aliphatic heterocycles. The van der Waals surface area contributed by atoms with Crippen LogP contribution in [0.2, 0.25) is 0 Å². The quantitative estimate of drug-likeness (QED) is 0.194. The van der Waals surface area contributed by atoms with Crippen molar-refractivity contribution in [2.24, 2.45) is 0 Å². The second kappa shape index (κ2) is 9.53. The molecule has 0 saturated heterocycles. The highest BCUT2D eigenvalue weighted by Gasteiger charge is 2.28. The summed E-state index contributed by atoms with van der Waals surface area (Å²) in [4.78, 5) is 13.7. The van der Waals surface area contributed by atoms with Crippen LogP contribution in [-0.2, 0) is 0 Å². The largest absolute Gasteiger partial charge is 0.461 e. The van der Waals surface area contributed by atoms with Gasteiger partial charge >= 0.3 is 0 Å². The lowest BCUT2D eigenvalue weighted by Crippen LogP contribution is -2.11. The molecule has 0 N–H and O–H groups in total. The van der Waals surface area contributed by atoms with Gasteiger partial charge in [-0.1, -0.05) is 89.6 Å². The number of hydrogen-bond acceptors (Lipinski definition) is 5. The Morgan fingerprint density at radius 3 is 2.15 bits per heavy atom. The van der Waals surface area contributed by atoms with Crippen molar-refractivity contribution in [3.8, 4) is 17.3 Å². The number of rotatable bonds is 7. The number of benzene rings is 3. The van der Waals surface area contributed by atoms with Gasteiger partial charge in [-0.2, -0.15) is 0 Å². The van der Waals surface area contributed by atoms with Gasteiger partial charge < -0.3 is 4.42 Å². The average Bonchev–Trinajstić information content (AvgIpc) is 3.54. The van der Waals surface area contributed by atoms with Crippen molar-refractivity contribution in [3.63, 3.8) is 0 Å². The first-order valence-corrected chi connectivity index (χ1v) is 11.9. The number of carbonyl (C=O) groups excluding carboxylic acids is 1. The van der Waals surface area contributed by atoms with Crippen molar-refractivity contribution in [1.29, 1.82) is 0 Å². The van der Waals surface area contributed by atoms with Crippen molar-refractivity contribution in [2.45, 2.75) is 24.3 Å². The molecule has 0 radical (unpaired) electrons. The van der Waals surface area contributed by atoms with E-state index in [-0.39, 0.29) is 5.78 Å². The monoisotopic (exact) mass is 465 g/mol. The van der Waals surface area contributed by atoms with Crippen LogP contribution in [0.4, 0.5) is 0 Å². The molecule has 0 saturated carbocycles.